The SMILES string of the molecule is CC(CCC(=O)O)NC(=O)c1ccc(F)c(Br)c1. The molecule has 2 N–H and O–H groups in total. The number of hydrogen-bond donors (Lipinski definition) is 2. The van der Waals surface area contributed by atoms with Gasteiger partial charge in [0.15, 0.2) is 0 Å². The lowest BCUT2D eigenvalue weighted by Crippen LogP contribution is -2.32. The molecule has 0 aliphatic heterocycles. The van der Waals surface area contributed by atoms with Gasteiger partial charge in [-0.25, -0.2) is 4.39 Å². The Bertz CT molecular complexity index is 465. The predicted octanol–water partition coefficient (Wildman–Crippen LogP) is 2.57. The minimum atomic E-state index is -0.902. The summed E-state index contributed by atoms with van der Waals surface area (Å²) in [6.45, 7) is 1.72. The molecule has 18 heavy (non-hydrogen) atoms. The Morgan fingerprint density at radius 1 is 1.50 bits per heavy atom. The summed E-state index contributed by atoms with van der Waals surface area (Å²) < 4.78 is 13.2. The molecule has 1 amide bonds. The topological polar surface area (TPSA) is 66.4 Å². The second-order valence-electron chi connectivity index (χ2n) is 3.94. The van der Waals surface area contributed by atoms with Crippen molar-refractivity contribution in [3.8, 4) is 0 Å². The van der Waals surface area contributed by atoms with Crippen molar-refractivity contribution in [3.05, 3.63) is 34.1 Å². The van der Waals surface area contributed by atoms with E-state index in [-0.39, 0.29) is 22.8 Å². The molecule has 98 valence electrons. The Morgan fingerprint density at radius 3 is 2.72 bits per heavy atom. The molecule has 1 aromatic rings. The molecule has 0 heterocycles. The smallest absolute Gasteiger partial charge is 0.303 e. The molecule has 1 atom stereocenters. The van der Waals surface area contributed by atoms with E-state index < -0.39 is 11.8 Å². The number of carbonyl (C=O) groups is 2. The molecule has 1 rings (SSSR count). The van der Waals surface area contributed by atoms with Gasteiger partial charge in [-0.05, 0) is 47.5 Å². The highest BCUT2D eigenvalue weighted by atomic mass is 79.9. The van der Waals surface area contributed by atoms with E-state index in [0.717, 1.165) is 0 Å². The molecule has 1 aromatic carbocycles. The average molecular weight is 318 g/mol. The molecule has 0 saturated carbocycles. The molecular weight excluding hydrogens is 305 g/mol. The van der Waals surface area contributed by atoms with Crippen molar-refractivity contribution in [2.75, 3.05) is 0 Å². The standard InChI is InChI=1S/C12H13BrFNO3/c1-7(2-5-11(16)17)15-12(18)8-3-4-10(14)9(13)6-8/h3-4,6-7H,2,5H2,1H3,(H,15,18)(H,16,17). The van der Waals surface area contributed by atoms with E-state index in [1.54, 1.807) is 6.92 Å². The van der Waals surface area contributed by atoms with Crippen LogP contribution in [0.2, 0.25) is 0 Å². The number of nitrogens with one attached hydrogen (secondary N) is 1. The van der Waals surface area contributed by atoms with Crippen molar-refractivity contribution in [1.29, 1.82) is 0 Å². The molecular formula is C12H13BrFNO3. The van der Waals surface area contributed by atoms with Gasteiger partial charge in [-0.1, -0.05) is 0 Å². The largest absolute Gasteiger partial charge is 0.481 e. The Hall–Kier alpha value is -1.43. The Kier molecular flexibility index (Phi) is 5.27. The molecule has 0 bridgehead atoms. The van der Waals surface area contributed by atoms with Gasteiger partial charge < -0.3 is 10.4 Å². The molecule has 0 saturated heterocycles. The first-order valence-electron chi connectivity index (χ1n) is 5.38. The molecule has 0 aliphatic carbocycles. The van der Waals surface area contributed by atoms with E-state index >= 15 is 0 Å². The van der Waals surface area contributed by atoms with Crippen LogP contribution in [0.15, 0.2) is 22.7 Å². The maximum atomic E-state index is 13.0. The number of amides is 1. The van der Waals surface area contributed by atoms with Gasteiger partial charge >= 0.3 is 5.97 Å². The number of hydrogen-bond acceptors (Lipinski definition) is 2. The second-order valence-corrected chi connectivity index (χ2v) is 4.79. The summed E-state index contributed by atoms with van der Waals surface area (Å²) in [4.78, 5) is 22.1. The van der Waals surface area contributed by atoms with Crippen molar-refractivity contribution in [1.82, 2.24) is 5.32 Å². The molecule has 0 aromatic heterocycles. The molecule has 0 fully saturated rings. The lowest BCUT2D eigenvalue weighted by atomic mass is 10.1. The van der Waals surface area contributed by atoms with E-state index in [0.29, 0.717) is 12.0 Å². The number of carbonyl (C=O) groups excluding carboxylic acids is 1. The third-order valence-corrected chi connectivity index (χ3v) is 2.96. The number of carboxylic acids is 1. The van der Waals surface area contributed by atoms with Gasteiger partial charge in [0.25, 0.3) is 5.91 Å². The lowest BCUT2D eigenvalue weighted by molar-refractivity contribution is -0.137. The summed E-state index contributed by atoms with van der Waals surface area (Å²) in [6, 6.07) is 3.70. The fourth-order valence-electron chi connectivity index (χ4n) is 1.36. The first kappa shape index (κ1) is 14.6. The van der Waals surface area contributed by atoms with Crippen LogP contribution in [0.3, 0.4) is 0 Å². The van der Waals surface area contributed by atoms with Gasteiger partial charge in [0.1, 0.15) is 5.82 Å². The minimum absolute atomic E-state index is 0.00540. The predicted molar refractivity (Wildman–Crippen MR) is 67.9 cm³/mol. The Morgan fingerprint density at radius 2 is 2.17 bits per heavy atom. The van der Waals surface area contributed by atoms with Crippen molar-refractivity contribution in [2.24, 2.45) is 0 Å². The second kappa shape index (κ2) is 6.49. The maximum absolute atomic E-state index is 13.0. The molecule has 0 radical (unpaired) electrons. The van der Waals surface area contributed by atoms with Crippen LogP contribution >= 0.6 is 15.9 Å². The van der Waals surface area contributed by atoms with Crippen LogP contribution in [0.4, 0.5) is 4.39 Å². The van der Waals surface area contributed by atoms with E-state index in [1.807, 2.05) is 0 Å². The quantitative estimate of drug-likeness (QED) is 0.877. The van der Waals surface area contributed by atoms with Crippen molar-refractivity contribution < 1.29 is 19.1 Å². The highest BCUT2D eigenvalue weighted by molar-refractivity contribution is 9.10. The van der Waals surface area contributed by atoms with Gasteiger partial charge in [0.05, 0.1) is 4.47 Å². The van der Waals surface area contributed by atoms with Crippen LogP contribution in [0.5, 0.6) is 0 Å². The highest BCUT2D eigenvalue weighted by Gasteiger charge is 2.12. The maximum Gasteiger partial charge on any atom is 0.303 e. The van der Waals surface area contributed by atoms with E-state index in [4.69, 9.17) is 5.11 Å². The third-order valence-electron chi connectivity index (χ3n) is 2.35. The number of benzene rings is 1. The zero-order valence-corrected chi connectivity index (χ0v) is 11.3. The number of halogens is 2. The average Bonchev–Trinajstić information content (AvgIpc) is 2.30. The van der Waals surface area contributed by atoms with Gasteiger partial charge in [-0.15, -0.1) is 0 Å². The molecule has 4 nitrogen and oxygen atoms in total. The fourth-order valence-corrected chi connectivity index (χ4v) is 1.74. The minimum Gasteiger partial charge on any atom is -0.481 e. The summed E-state index contributed by atoms with van der Waals surface area (Å²) in [7, 11) is 0. The third kappa shape index (κ3) is 4.44. The monoisotopic (exact) mass is 317 g/mol. The number of rotatable bonds is 5. The van der Waals surface area contributed by atoms with E-state index in [1.165, 1.54) is 18.2 Å². The molecule has 6 heteroatoms. The summed E-state index contributed by atoms with van der Waals surface area (Å²) in [5, 5.41) is 11.2. The zero-order chi connectivity index (χ0) is 13.7. The molecule has 0 aliphatic rings. The first-order chi connectivity index (χ1) is 8.40. The number of carboxylic acid groups (broad SMARTS) is 1. The van der Waals surface area contributed by atoms with Crippen LogP contribution in [0.1, 0.15) is 30.1 Å². The summed E-state index contributed by atoms with van der Waals surface area (Å²) in [5.41, 5.74) is 0.324. The van der Waals surface area contributed by atoms with Gasteiger partial charge in [-0.3, -0.25) is 9.59 Å². The normalized spacial score (nSPS) is 11.9. The van der Waals surface area contributed by atoms with Crippen LogP contribution in [0.25, 0.3) is 0 Å². The lowest BCUT2D eigenvalue weighted by Gasteiger charge is -2.12. The first-order valence-corrected chi connectivity index (χ1v) is 6.17. The van der Waals surface area contributed by atoms with Crippen molar-refractivity contribution in [2.45, 2.75) is 25.8 Å². The number of aliphatic carboxylic acids is 1. The van der Waals surface area contributed by atoms with Crippen LogP contribution < -0.4 is 5.32 Å². The summed E-state index contributed by atoms with van der Waals surface area (Å²) in [5.74, 6) is -1.69. The zero-order valence-electron chi connectivity index (χ0n) is 9.74. The van der Waals surface area contributed by atoms with Gasteiger partial charge in [-0.2, -0.15) is 0 Å². The Balaban J connectivity index is 2.59. The fraction of sp³-hybridized carbons (Fsp3) is 0.333. The summed E-state index contributed by atoms with van der Waals surface area (Å²) in [6.07, 6.45) is 0.345. The Labute approximate surface area is 112 Å². The van der Waals surface area contributed by atoms with Crippen LogP contribution in [-0.2, 0) is 4.79 Å². The summed E-state index contributed by atoms with van der Waals surface area (Å²) >= 11 is 3.00. The van der Waals surface area contributed by atoms with Crippen LogP contribution in [0, 0.1) is 5.82 Å². The molecule has 0 spiro atoms. The van der Waals surface area contributed by atoms with Crippen LogP contribution in [-0.4, -0.2) is 23.0 Å². The van der Waals surface area contributed by atoms with Crippen molar-refractivity contribution >= 4 is 27.8 Å². The van der Waals surface area contributed by atoms with Crippen molar-refractivity contribution in [3.63, 3.8) is 0 Å². The van der Waals surface area contributed by atoms with Gasteiger partial charge in [0.2, 0.25) is 0 Å². The van der Waals surface area contributed by atoms with E-state index in [2.05, 4.69) is 21.2 Å². The van der Waals surface area contributed by atoms with Gasteiger partial charge in [0, 0.05) is 18.0 Å². The highest BCUT2D eigenvalue weighted by Crippen LogP contribution is 2.16. The molecule has 1 unspecified atom stereocenters. The van der Waals surface area contributed by atoms with E-state index in [9.17, 15) is 14.0 Å².